The summed E-state index contributed by atoms with van der Waals surface area (Å²) in [4.78, 5) is 26.4. The summed E-state index contributed by atoms with van der Waals surface area (Å²) in [6.45, 7) is 2.01. The Bertz CT molecular complexity index is 1550. The predicted molar refractivity (Wildman–Crippen MR) is 152 cm³/mol. The summed E-state index contributed by atoms with van der Waals surface area (Å²) < 4.78 is 90.6. The Morgan fingerprint density at radius 1 is 1.00 bits per heavy atom. The third-order valence-electron chi connectivity index (χ3n) is 8.10. The van der Waals surface area contributed by atoms with Gasteiger partial charge < -0.3 is 19.4 Å². The molecule has 1 saturated heterocycles. The summed E-state index contributed by atoms with van der Waals surface area (Å²) in [5, 5.41) is 14.3. The van der Waals surface area contributed by atoms with Crippen molar-refractivity contribution in [2.75, 3.05) is 38.1 Å². The molecule has 0 bridgehead atoms. The molecule has 45 heavy (non-hydrogen) atoms. The SMILES string of the molecule is O=C(COC1CCC(Nc2ccc([N+](=O)[O-])c(C(F)(F)F)c2)CC1)N1CCN(Cc2oc3ccc(C(F)(F)F)cc3c2Cl)CC1. The van der Waals surface area contributed by atoms with Crippen LogP contribution in [0.1, 0.15) is 42.6 Å². The number of halogens is 7. The van der Waals surface area contributed by atoms with Crippen LogP contribution >= 0.6 is 11.6 Å². The summed E-state index contributed by atoms with van der Waals surface area (Å²) in [7, 11) is 0. The molecule has 5 rings (SSSR count). The fourth-order valence-corrected chi connectivity index (χ4v) is 5.90. The molecule has 1 saturated carbocycles. The van der Waals surface area contributed by atoms with Gasteiger partial charge in [-0.15, -0.1) is 0 Å². The molecule has 16 heteroatoms. The van der Waals surface area contributed by atoms with Gasteiger partial charge in [0.2, 0.25) is 5.91 Å². The molecular weight excluding hydrogens is 634 g/mol. The van der Waals surface area contributed by atoms with E-state index in [9.17, 15) is 41.3 Å². The summed E-state index contributed by atoms with van der Waals surface area (Å²) in [6.07, 6.45) is -7.22. The average molecular weight is 663 g/mol. The quantitative estimate of drug-likeness (QED) is 0.156. The molecule has 2 fully saturated rings. The number of hydrogen-bond acceptors (Lipinski definition) is 7. The van der Waals surface area contributed by atoms with E-state index < -0.39 is 34.1 Å². The van der Waals surface area contributed by atoms with Gasteiger partial charge in [0.15, 0.2) is 0 Å². The van der Waals surface area contributed by atoms with Crippen LogP contribution in [0.5, 0.6) is 0 Å². The Hall–Kier alpha value is -3.56. The highest BCUT2D eigenvalue weighted by Gasteiger charge is 2.39. The fraction of sp³-hybridized carbons (Fsp3) is 0.483. The molecule has 0 radical (unpaired) electrons. The molecular formula is C29H29ClF6N4O5. The van der Waals surface area contributed by atoms with E-state index in [0.717, 1.165) is 24.3 Å². The zero-order valence-corrected chi connectivity index (χ0v) is 24.5. The van der Waals surface area contributed by atoms with Crippen LogP contribution in [0.3, 0.4) is 0 Å². The first-order chi connectivity index (χ1) is 21.2. The lowest BCUT2D eigenvalue weighted by Crippen LogP contribution is -2.49. The van der Waals surface area contributed by atoms with E-state index in [1.165, 1.54) is 12.1 Å². The van der Waals surface area contributed by atoms with E-state index in [4.69, 9.17) is 20.8 Å². The van der Waals surface area contributed by atoms with Crippen molar-refractivity contribution in [3.8, 4) is 0 Å². The van der Waals surface area contributed by atoms with Crippen molar-refractivity contribution in [2.45, 2.75) is 56.7 Å². The van der Waals surface area contributed by atoms with Crippen LogP contribution in [0.15, 0.2) is 40.8 Å². The number of amides is 1. The zero-order valence-electron chi connectivity index (χ0n) is 23.7. The normalized spacial score (nSPS) is 20.0. The van der Waals surface area contributed by atoms with Crippen LogP contribution in [0.2, 0.25) is 5.02 Å². The highest BCUT2D eigenvalue weighted by atomic mass is 35.5. The number of nitro benzene ring substituents is 1. The predicted octanol–water partition coefficient (Wildman–Crippen LogP) is 7.12. The molecule has 1 N–H and O–H groups in total. The van der Waals surface area contributed by atoms with E-state index in [1.54, 1.807) is 4.90 Å². The van der Waals surface area contributed by atoms with E-state index in [1.807, 2.05) is 4.90 Å². The molecule has 1 aliphatic carbocycles. The molecule has 3 aromatic rings. The number of nitrogens with one attached hydrogen (secondary N) is 1. The topological polar surface area (TPSA) is 101 Å². The highest BCUT2D eigenvalue weighted by Crippen LogP contribution is 2.39. The van der Waals surface area contributed by atoms with Crippen LogP contribution in [0.25, 0.3) is 11.0 Å². The smallest absolute Gasteiger partial charge is 0.423 e. The van der Waals surface area contributed by atoms with Crippen molar-refractivity contribution in [3.05, 3.63) is 68.4 Å². The molecule has 0 unspecified atom stereocenters. The second-order valence-electron chi connectivity index (χ2n) is 11.1. The minimum Gasteiger partial charge on any atom is -0.458 e. The number of hydrogen-bond donors (Lipinski definition) is 1. The first-order valence-electron chi connectivity index (χ1n) is 14.2. The van der Waals surface area contributed by atoms with Crippen molar-refractivity contribution in [1.29, 1.82) is 0 Å². The standard InChI is InChI=1S/C29H29ClF6N4O5/c30-27-21-13-17(28(31,32)33)1-8-24(21)45-25(27)15-38-9-11-39(12-10-38)26(41)16-44-20-5-2-18(3-6-20)37-19-4-7-23(40(42)43)22(14-19)29(34,35)36/h1,4,7-8,13-14,18,20,37H,2-3,5-6,9-12,15-16H2. The minimum atomic E-state index is -4.86. The van der Waals surface area contributed by atoms with Crippen LogP contribution < -0.4 is 5.32 Å². The lowest BCUT2D eigenvalue weighted by molar-refractivity contribution is -0.388. The lowest BCUT2D eigenvalue weighted by Gasteiger charge is -2.35. The number of fused-ring (bicyclic) bond motifs is 1. The third-order valence-corrected chi connectivity index (χ3v) is 8.51. The Morgan fingerprint density at radius 2 is 1.69 bits per heavy atom. The number of ether oxygens (including phenoxy) is 1. The maximum absolute atomic E-state index is 13.3. The largest absolute Gasteiger partial charge is 0.458 e. The summed E-state index contributed by atoms with van der Waals surface area (Å²) >= 11 is 6.34. The Kier molecular flexibility index (Phi) is 9.52. The van der Waals surface area contributed by atoms with Gasteiger partial charge in [-0.2, -0.15) is 26.3 Å². The number of piperazine rings is 1. The molecule has 9 nitrogen and oxygen atoms in total. The number of furan rings is 1. The lowest BCUT2D eigenvalue weighted by atomic mass is 9.92. The zero-order chi connectivity index (χ0) is 32.5. The van der Waals surface area contributed by atoms with Crippen molar-refractivity contribution >= 4 is 39.9 Å². The Balaban J connectivity index is 1.05. The number of benzene rings is 2. The van der Waals surface area contributed by atoms with Gasteiger partial charge in [0, 0.05) is 49.4 Å². The van der Waals surface area contributed by atoms with Crippen molar-refractivity contribution in [3.63, 3.8) is 0 Å². The van der Waals surface area contributed by atoms with E-state index in [0.29, 0.717) is 57.6 Å². The summed E-state index contributed by atoms with van der Waals surface area (Å²) in [5.74, 6) is 0.176. The van der Waals surface area contributed by atoms with Crippen molar-refractivity contribution < 1.29 is 45.2 Å². The second kappa shape index (κ2) is 13.0. The van der Waals surface area contributed by atoms with Gasteiger partial charge in [-0.1, -0.05) is 11.6 Å². The minimum absolute atomic E-state index is 0.114. The molecule has 0 spiro atoms. The molecule has 1 aromatic heterocycles. The molecule has 2 aliphatic rings. The van der Waals surface area contributed by atoms with Crippen molar-refractivity contribution in [1.82, 2.24) is 9.80 Å². The molecule has 2 aromatic carbocycles. The van der Waals surface area contributed by atoms with Crippen molar-refractivity contribution in [2.24, 2.45) is 0 Å². The number of anilines is 1. The van der Waals surface area contributed by atoms with Crippen LogP contribution in [-0.2, 0) is 28.4 Å². The summed E-state index contributed by atoms with van der Waals surface area (Å²) in [6, 6.07) is 5.86. The number of alkyl halides is 6. The fourth-order valence-electron chi connectivity index (χ4n) is 5.66. The molecule has 2 heterocycles. The second-order valence-corrected chi connectivity index (χ2v) is 11.5. The molecule has 1 amide bonds. The summed E-state index contributed by atoms with van der Waals surface area (Å²) in [5.41, 5.74) is -2.72. The van der Waals surface area contributed by atoms with Gasteiger partial charge in [0.05, 0.1) is 28.2 Å². The van der Waals surface area contributed by atoms with E-state index in [2.05, 4.69) is 5.32 Å². The number of nitro groups is 1. The van der Waals surface area contributed by atoms with Crippen LogP contribution in [0, 0.1) is 10.1 Å². The Labute approximate surface area is 258 Å². The van der Waals surface area contributed by atoms with Gasteiger partial charge in [-0.25, -0.2) is 0 Å². The maximum Gasteiger partial charge on any atom is 0.423 e. The van der Waals surface area contributed by atoms with Crippen LogP contribution in [-0.4, -0.2) is 65.6 Å². The number of carbonyl (C=O) groups is 1. The van der Waals surface area contributed by atoms with E-state index >= 15 is 0 Å². The Morgan fingerprint density at radius 3 is 2.31 bits per heavy atom. The number of carbonyl (C=O) groups excluding carboxylic acids is 1. The van der Waals surface area contributed by atoms with Gasteiger partial charge in [0.25, 0.3) is 5.69 Å². The molecule has 1 aliphatic heterocycles. The third kappa shape index (κ3) is 7.82. The molecule has 244 valence electrons. The van der Waals surface area contributed by atoms with Gasteiger partial charge in [-0.05, 0) is 56.0 Å². The van der Waals surface area contributed by atoms with Gasteiger partial charge in [-0.3, -0.25) is 19.8 Å². The first-order valence-corrected chi connectivity index (χ1v) is 14.6. The van der Waals surface area contributed by atoms with Gasteiger partial charge >= 0.3 is 12.4 Å². The van der Waals surface area contributed by atoms with Crippen LogP contribution in [0.4, 0.5) is 37.7 Å². The first kappa shape index (κ1) is 32.8. The number of nitrogens with zero attached hydrogens (tertiary/aromatic N) is 3. The number of rotatable bonds is 8. The maximum atomic E-state index is 13.3. The highest BCUT2D eigenvalue weighted by molar-refractivity contribution is 6.36. The van der Waals surface area contributed by atoms with Gasteiger partial charge in [0.1, 0.15) is 23.5 Å². The molecule has 0 atom stereocenters. The monoisotopic (exact) mass is 662 g/mol. The van der Waals surface area contributed by atoms with E-state index in [-0.39, 0.29) is 52.9 Å². The average Bonchev–Trinajstić information content (AvgIpc) is 3.30.